The van der Waals surface area contributed by atoms with E-state index in [-0.39, 0.29) is 0 Å². The summed E-state index contributed by atoms with van der Waals surface area (Å²) in [6.45, 7) is 14.6. The molecule has 0 aromatic heterocycles. The molecule has 0 radical (unpaired) electrons. The first-order chi connectivity index (χ1) is 8.67. The number of hydrogen-bond acceptors (Lipinski definition) is 3. The van der Waals surface area contributed by atoms with E-state index in [1.54, 1.807) is 0 Å². The molecular formula is C15H32N2O. The molecule has 3 heteroatoms. The molecule has 1 fully saturated rings. The van der Waals surface area contributed by atoms with E-state index in [0.29, 0.717) is 12.1 Å². The summed E-state index contributed by atoms with van der Waals surface area (Å²) < 4.78 is 5.45. The molecule has 1 N–H and O–H groups in total. The van der Waals surface area contributed by atoms with Gasteiger partial charge in [-0.05, 0) is 58.7 Å². The molecule has 1 aliphatic heterocycles. The maximum Gasteiger partial charge on any atom is 0.0509 e. The Labute approximate surface area is 113 Å². The molecule has 1 heterocycles. The van der Waals surface area contributed by atoms with Crippen LogP contribution in [0.25, 0.3) is 0 Å². The smallest absolute Gasteiger partial charge is 0.0509 e. The summed E-state index contributed by atoms with van der Waals surface area (Å²) in [4.78, 5) is 2.50. The standard InChI is InChI=1S/C15H32N2O/c1-5-17(6-2)10-7-8-13(3)16-14(4)15-9-11-18-12-15/h13-16H,5-12H2,1-4H3. The molecule has 3 atom stereocenters. The van der Waals surface area contributed by atoms with Gasteiger partial charge < -0.3 is 15.0 Å². The molecule has 1 rings (SSSR count). The average molecular weight is 256 g/mol. The van der Waals surface area contributed by atoms with Gasteiger partial charge in [-0.2, -0.15) is 0 Å². The molecule has 0 spiro atoms. The minimum Gasteiger partial charge on any atom is -0.381 e. The fraction of sp³-hybridized carbons (Fsp3) is 1.00. The van der Waals surface area contributed by atoms with Crippen LogP contribution in [0.3, 0.4) is 0 Å². The third-order valence-corrected chi connectivity index (χ3v) is 4.23. The maximum absolute atomic E-state index is 5.45. The number of rotatable bonds is 9. The van der Waals surface area contributed by atoms with Crippen LogP contribution in [0.1, 0.15) is 47.0 Å². The highest BCUT2D eigenvalue weighted by molar-refractivity contribution is 4.78. The van der Waals surface area contributed by atoms with Gasteiger partial charge in [-0.1, -0.05) is 13.8 Å². The fourth-order valence-corrected chi connectivity index (χ4v) is 2.78. The summed E-state index contributed by atoms with van der Waals surface area (Å²) in [5.41, 5.74) is 0. The van der Waals surface area contributed by atoms with Crippen molar-refractivity contribution < 1.29 is 4.74 Å². The van der Waals surface area contributed by atoms with Crippen molar-refractivity contribution in [1.82, 2.24) is 10.2 Å². The van der Waals surface area contributed by atoms with E-state index in [9.17, 15) is 0 Å². The number of nitrogens with one attached hydrogen (secondary N) is 1. The third-order valence-electron chi connectivity index (χ3n) is 4.23. The highest BCUT2D eigenvalue weighted by Gasteiger charge is 2.22. The topological polar surface area (TPSA) is 24.5 Å². The summed E-state index contributed by atoms with van der Waals surface area (Å²) in [7, 11) is 0. The van der Waals surface area contributed by atoms with Gasteiger partial charge in [-0.25, -0.2) is 0 Å². The second-order valence-electron chi connectivity index (χ2n) is 5.65. The van der Waals surface area contributed by atoms with E-state index in [2.05, 4.69) is 37.9 Å². The van der Waals surface area contributed by atoms with Crippen LogP contribution in [-0.4, -0.2) is 49.8 Å². The summed E-state index contributed by atoms with van der Waals surface area (Å²) in [6.07, 6.45) is 3.79. The fourth-order valence-electron chi connectivity index (χ4n) is 2.78. The van der Waals surface area contributed by atoms with Gasteiger partial charge in [-0.3, -0.25) is 0 Å². The Morgan fingerprint density at radius 2 is 2.00 bits per heavy atom. The number of ether oxygens (including phenoxy) is 1. The molecule has 1 aliphatic rings. The van der Waals surface area contributed by atoms with Crippen LogP contribution in [0, 0.1) is 5.92 Å². The summed E-state index contributed by atoms with van der Waals surface area (Å²) in [5, 5.41) is 3.73. The minimum atomic E-state index is 0.593. The first kappa shape index (κ1) is 15.9. The maximum atomic E-state index is 5.45. The third kappa shape index (κ3) is 5.68. The lowest BCUT2D eigenvalue weighted by Crippen LogP contribution is -2.40. The summed E-state index contributed by atoms with van der Waals surface area (Å²) in [6, 6.07) is 1.21. The zero-order valence-corrected chi connectivity index (χ0v) is 12.7. The first-order valence-corrected chi connectivity index (χ1v) is 7.73. The summed E-state index contributed by atoms with van der Waals surface area (Å²) >= 11 is 0. The first-order valence-electron chi connectivity index (χ1n) is 7.73. The zero-order valence-electron chi connectivity index (χ0n) is 12.7. The van der Waals surface area contributed by atoms with Gasteiger partial charge in [0.25, 0.3) is 0 Å². The quantitative estimate of drug-likeness (QED) is 0.686. The van der Waals surface area contributed by atoms with Gasteiger partial charge in [0.2, 0.25) is 0 Å². The molecule has 0 aliphatic carbocycles. The molecule has 108 valence electrons. The second kappa shape index (κ2) is 8.89. The van der Waals surface area contributed by atoms with Crippen LogP contribution in [0.2, 0.25) is 0 Å². The molecule has 3 nitrogen and oxygen atoms in total. The van der Waals surface area contributed by atoms with Crippen molar-refractivity contribution in [3.05, 3.63) is 0 Å². The molecule has 0 amide bonds. The number of nitrogens with zero attached hydrogens (tertiary/aromatic N) is 1. The summed E-state index contributed by atoms with van der Waals surface area (Å²) in [5.74, 6) is 0.718. The normalized spacial score (nSPS) is 23.5. The molecule has 0 bridgehead atoms. The van der Waals surface area contributed by atoms with Gasteiger partial charge >= 0.3 is 0 Å². The Bertz CT molecular complexity index is 201. The Kier molecular flexibility index (Phi) is 7.87. The Balaban J connectivity index is 2.10. The van der Waals surface area contributed by atoms with Crippen molar-refractivity contribution in [2.75, 3.05) is 32.8 Å². The molecule has 0 aromatic rings. The van der Waals surface area contributed by atoms with Gasteiger partial charge in [0.1, 0.15) is 0 Å². The van der Waals surface area contributed by atoms with Gasteiger partial charge in [0, 0.05) is 18.7 Å². The van der Waals surface area contributed by atoms with Crippen molar-refractivity contribution in [2.45, 2.75) is 59.0 Å². The Morgan fingerprint density at radius 1 is 1.28 bits per heavy atom. The van der Waals surface area contributed by atoms with E-state index >= 15 is 0 Å². The molecule has 1 saturated heterocycles. The molecule has 18 heavy (non-hydrogen) atoms. The zero-order chi connectivity index (χ0) is 13.4. The van der Waals surface area contributed by atoms with Gasteiger partial charge in [0.05, 0.1) is 6.61 Å². The van der Waals surface area contributed by atoms with E-state index in [0.717, 1.165) is 19.1 Å². The van der Waals surface area contributed by atoms with Crippen LogP contribution >= 0.6 is 0 Å². The van der Waals surface area contributed by atoms with Crippen LogP contribution in [0.5, 0.6) is 0 Å². The molecule has 0 aromatic carbocycles. The highest BCUT2D eigenvalue weighted by Crippen LogP contribution is 2.17. The largest absolute Gasteiger partial charge is 0.381 e. The SMILES string of the molecule is CCN(CC)CCCC(C)NC(C)C1CCOC1. The predicted octanol–water partition coefficient (Wildman–Crippen LogP) is 2.51. The van der Waals surface area contributed by atoms with Crippen molar-refractivity contribution >= 4 is 0 Å². The second-order valence-corrected chi connectivity index (χ2v) is 5.65. The number of hydrogen-bond donors (Lipinski definition) is 1. The van der Waals surface area contributed by atoms with E-state index in [1.807, 2.05) is 0 Å². The monoisotopic (exact) mass is 256 g/mol. The lowest BCUT2D eigenvalue weighted by atomic mass is 9.99. The van der Waals surface area contributed by atoms with Crippen LogP contribution in [0.15, 0.2) is 0 Å². The lowest BCUT2D eigenvalue weighted by molar-refractivity contribution is 0.176. The van der Waals surface area contributed by atoms with Gasteiger partial charge in [0.15, 0.2) is 0 Å². The van der Waals surface area contributed by atoms with E-state index in [4.69, 9.17) is 4.74 Å². The van der Waals surface area contributed by atoms with Crippen molar-refractivity contribution in [3.8, 4) is 0 Å². The predicted molar refractivity (Wildman–Crippen MR) is 78.0 cm³/mol. The molecule has 0 saturated carbocycles. The van der Waals surface area contributed by atoms with Crippen LogP contribution < -0.4 is 5.32 Å². The van der Waals surface area contributed by atoms with Crippen LogP contribution in [-0.2, 0) is 4.74 Å². The van der Waals surface area contributed by atoms with E-state index < -0.39 is 0 Å². The van der Waals surface area contributed by atoms with Crippen molar-refractivity contribution in [3.63, 3.8) is 0 Å². The Morgan fingerprint density at radius 3 is 2.56 bits per heavy atom. The minimum absolute atomic E-state index is 0.593. The average Bonchev–Trinajstić information content (AvgIpc) is 2.88. The highest BCUT2D eigenvalue weighted by atomic mass is 16.5. The van der Waals surface area contributed by atoms with Crippen molar-refractivity contribution in [2.24, 2.45) is 5.92 Å². The molecular weight excluding hydrogens is 224 g/mol. The van der Waals surface area contributed by atoms with Gasteiger partial charge in [-0.15, -0.1) is 0 Å². The van der Waals surface area contributed by atoms with Crippen molar-refractivity contribution in [1.29, 1.82) is 0 Å². The Hall–Kier alpha value is -0.120. The molecule has 3 unspecified atom stereocenters. The van der Waals surface area contributed by atoms with Crippen LogP contribution in [0.4, 0.5) is 0 Å². The van der Waals surface area contributed by atoms with E-state index in [1.165, 1.54) is 38.9 Å². The lowest BCUT2D eigenvalue weighted by Gasteiger charge is -2.25.